The van der Waals surface area contributed by atoms with Crippen molar-refractivity contribution in [2.75, 3.05) is 4.90 Å². The molecule has 11 aromatic rings. The number of hydrogen-bond donors (Lipinski definition) is 0. The molecule has 1 aromatic heterocycles. The molecule has 0 bridgehead atoms. The number of benzene rings is 10. The van der Waals surface area contributed by atoms with E-state index in [0.29, 0.717) is 0 Å². The standard InChI is InChI=1S/C63H46N2/c1-63(2)57-29-16-15-28-54(57)61-60(64(51-34-30-46(31-35-51)43-18-7-3-8-19-43)52-27-17-24-47(40-52)44-20-9-4-10-21-44)39-36-53(62(61)63)49-33-38-59-56(42-49)55-41-48(45-22-11-5-12-23-45)32-37-58(55)65(59)50-25-13-6-14-26-50/h3-42H,1-2H3. The summed E-state index contributed by atoms with van der Waals surface area (Å²) in [6, 6.07) is 88.8. The van der Waals surface area contributed by atoms with Crippen LogP contribution in [0, 0.1) is 0 Å². The Morgan fingerprint density at radius 2 is 0.846 bits per heavy atom. The van der Waals surface area contributed by atoms with E-state index in [1.165, 1.54) is 88.6 Å². The van der Waals surface area contributed by atoms with Gasteiger partial charge in [0.1, 0.15) is 0 Å². The third-order valence-electron chi connectivity index (χ3n) is 13.6. The highest BCUT2D eigenvalue weighted by Gasteiger charge is 2.40. The van der Waals surface area contributed by atoms with E-state index in [0.717, 1.165) is 22.7 Å². The van der Waals surface area contributed by atoms with Gasteiger partial charge in [-0.1, -0.05) is 190 Å². The van der Waals surface area contributed by atoms with Crippen molar-refractivity contribution in [1.29, 1.82) is 0 Å². The number of aromatic nitrogens is 1. The Bertz CT molecular complexity index is 3530. The van der Waals surface area contributed by atoms with E-state index in [2.05, 4.69) is 266 Å². The summed E-state index contributed by atoms with van der Waals surface area (Å²) >= 11 is 0. The third-order valence-corrected chi connectivity index (χ3v) is 13.6. The van der Waals surface area contributed by atoms with Gasteiger partial charge in [0, 0.05) is 38.8 Å². The fraction of sp³-hybridized carbons (Fsp3) is 0.0476. The summed E-state index contributed by atoms with van der Waals surface area (Å²) in [5.74, 6) is 0. The molecule has 0 N–H and O–H groups in total. The molecule has 2 heteroatoms. The Kier molecular flexibility index (Phi) is 9.21. The van der Waals surface area contributed by atoms with E-state index in [1.807, 2.05) is 0 Å². The van der Waals surface area contributed by atoms with Crippen LogP contribution in [0.4, 0.5) is 17.1 Å². The Balaban J connectivity index is 1.09. The average molecular weight is 831 g/mol. The topological polar surface area (TPSA) is 8.17 Å². The molecule has 0 saturated heterocycles. The quantitative estimate of drug-likeness (QED) is 0.148. The summed E-state index contributed by atoms with van der Waals surface area (Å²) in [6.07, 6.45) is 0. The first-order valence-electron chi connectivity index (χ1n) is 22.6. The second-order valence-electron chi connectivity index (χ2n) is 17.7. The Morgan fingerprint density at radius 1 is 0.354 bits per heavy atom. The fourth-order valence-electron chi connectivity index (χ4n) is 10.5. The van der Waals surface area contributed by atoms with Crippen molar-refractivity contribution in [2.45, 2.75) is 19.3 Å². The van der Waals surface area contributed by atoms with Crippen LogP contribution in [-0.4, -0.2) is 4.57 Å². The number of fused-ring (bicyclic) bond motifs is 6. The zero-order chi connectivity index (χ0) is 43.5. The number of para-hydroxylation sites is 1. The second kappa shape index (κ2) is 15.6. The molecule has 0 unspecified atom stereocenters. The van der Waals surface area contributed by atoms with Gasteiger partial charge >= 0.3 is 0 Å². The van der Waals surface area contributed by atoms with Crippen LogP contribution in [0.25, 0.3) is 83.1 Å². The lowest BCUT2D eigenvalue weighted by molar-refractivity contribution is 0.662. The molecule has 1 aliphatic carbocycles. The molecule has 308 valence electrons. The van der Waals surface area contributed by atoms with Crippen molar-refractivity contribution in [1.82, 2.24) is 4.57 Å². The third kappa shape index (κ3) is 6.49. The van der Waals surface area contributed by atoms with E-state index in [1.54, 1.807) is 0 Å². The molecule has 0 aliphatic heterocycles. The summed E-state index contributed by atoms with van der Waals surface area (Å²) < 4.78 is 2.42. The summed E-state index contributed by atoms with van der Waals surface area (Å²) in [5, 5.41) is 2.48. The lowest BCUT2D eigenvalue weighted by atomic mass is 9.78. The first-order chi connectivity index (χ1) is 32.0. The van der Waals surface area contributed by atoms with E-state index in [-0.39, 0.29) is 5.41 Å². The minimum atomic E-state index is -0.278. The smallest absolute Gasteiger partial charge is 0.0543 e. The zero-order valence-corrected chi connectivity index (χ0v) is 36.5. The molecule has 65 heavy (non-hydrogen) atoms. The van der Waals surface area contributed by atoms with Crippen molar-refractivity contribution in [2.24, 2.45) is 0 Å². The molecule has 0 atom stereocenters. The minimum Gasteiger partial charge on any atom is -0.310 e. The van der Waals surface area contributed by atoms with Crippen LogP contribution in [0.1, 0.15) is 25.0 Å². The monoisotopic (exact) mass is 830 g/mol. The molecule has 0 fully saturated rings. The van der Waals surface area contributed by atoms with E-state index < -0.39 is 0 Å². The lowest BCUT2D eigenvalue weighted by Crippen LogP contribution is -2.17. The Hall–Kier alpha value is -8.20. The van der Waals surface area contributed by atoms with Crippen molar-refractivity contribution >= 4 is 38.9 Å². The van der Waals surface area contributed by atoms with Gasteiger partial charge in [-0.15, -0.1) is 0 Å². The predicted molar refractivity (Wildman–Crippen MR) is 275 cm³/mol. The van der Waals surface area contributed by atoms with Gasteiger partial charge in [0.2, 0.25) is 0 Å². The van der Waals surface area contributed by atoms with Crippen molar-refractivity contribution < 1.29 is 0 Å². The van der Waals surface area contributed by atoms with Gasteiger partial charge in [0.15, 0.2) is 0 Å². The maximum atomic E-state index is 2.48. The number of hydrogen-bond acceptors (Lipinski definition) is 1. The highest BCUT2D eigenvalue weighted by atomic mass is 15.1. The van der Waals surface area contributed by atoms with Crippen LogP contribution in [0.3, 0.4) is 0 Å². The van der Waals surface area contributed by atoms with Crippen LogP contribution < -0.4 is 4.90 Å². The zero-order valence-electron chi connectivity index (χ0n) is 36.5. The maximum absolute atomic E-state index is 2.48. The molecule has 0 amide bonds. The maximum Gasteiger partial charge on any atom is 0.0543 e. The minimum absolute atomic E-state index is 0.278. The SMILES string of the molecule is CC1(C)c2ccccc2-c2c(N(c3ccc(-c4ccccc4)cc3)c3cccc(-c4ccccc4)c3)ccc(-c3ccc4c(c3)c3cc(-c5ccccc5)ccc3n4-c3ccccc3)c21. The van der Waals surface area contributed by atoms with Gasteiger partial charge in [-0.25, -0.2) is 0 Å². The van der Waals surface area contributed by atoms with E-state index in [4.69, 9.17) is 0 Å². The molecule has 12 rings (SSSR count). The van der Waals surface area contributed by atoms with E-state index in [9.17, 15) is 0 Å². The van der Waals surface area contributed by atoms with Gasteiger partial charge in [-0.2, -0.15) is 0 Å². The van der Waals surface area contributed by atoms with Crippen molar-refractivity contribution in [3.8, 4) is 61.3 Å². The van der Waals surface area contributed by atoms with Gasteiger partial charge < -0.3 is 9.47 Å². The van der Waals surface area contributed by atoms with Crippen LogP contribution >= 0.6 is 0 Å². The normalized spacial score (nSPS) is 12.6. The average Bonchev–Trinajstić information content (AvgIpc) is 3.83. The molecule has 0 radical (unpaired) electrons. The molecule has 0 saturated carbocycles. The molecule has 1 aliphatic rings. The van der Waals surface area contributed by atoms with Crippen LogP contribution in [-0.2, 0) is 5.41 Å². The summed E-state index contributed by atoms with van der Waals surface area (Å²) in [4.78, 5) is 2.48. The van der Waals surface area contributed by atoms with Crippen molar-refractivity contribution in [3.05, 3.63) is 254 Å². The van der Waals surface area contributed by atoms with Crippen LogP contribution in [0.15, 0.2) is 243 Å². The molecule has 10 aromatic carbocycles. The first kappa shape index (κ1) is 38.5. The van der Waals surface area contributed by atoms with Crippen LogP contribution in [0.2, 0.25) is 0 Å². The molecule has 2 nitrogen and oxygen atoms in total. The second-order valence-corrected chi connectivity index (χ2v) is 17.7. The van der Waals surface area contributed by atoms with Crippen molar-refractivity contribution in [3.63, 3.8) is 0 Å². The predicted octanol–water partition coefficient (Wildman–Crippen LogP) is 17.2. The number of anilines is 3. The largest absolute Gasteiger partial charge is 0.310 e. The highest BCUT2D eigenvalue weighted by molar-refractivity contribution is 6.12. The highest BCUT2D eigenvalue weighted by Crippen LogP contribution is 2.57. The van der Waals surface area contributed by atoms with Gasteiger partial charge in [-0.3, -0.25) is 0 Å². The van der Waals surface area contributed by atoms with Gasteiger partial charge in [0.25, 0.3) is 0 Å². The lowest BCUT2D eigenvalue weighted by Gasteiger charge is -2.31. The molecule has 1 heterocycles. The first-order valence-corrected chi connectivity index (χ1v) is 22.6. The van der Waals surface area contributed by atoms with Gasteiger partial charge in [0.05, 0.1) is 16.7 Å². The fourth-order valence-corrected chi connectivity index (χ4v) is 10.5. The summed E-state index contributed by atoms with van der Waals surface area (Å²) in [7, 11) is 0. The molecule has 0 spiro atoms. The Morgan fingerprint density at radius 3 is 1.49 bits per heavy atom. The Labute approximate surface area is 381 Å². The van der Waals surface area contributed by atoms with Crippen LogP contribution in [0.5, 0.6) is 0 Å². The number of rotatable bonds is 8. The van der Waals surface area contributed by atoms with Gasteiger partial charge in [-0.05, 0) is 128 Å². The molecular weight excluding hydrogens is 785 g/mol. The summed E-state index contributed by atoms with van der Waals surface area (Å²) in [6.45, 7) is 4.82. The number of nitrogens with zero attached hydrogens (tertiary/aromatic N) is 2. The summed E-state index contributed by atoms with van der Waals surface area (Å²) in [5.41, 5.74) is 21.6. The molecular formula is C63H46N2. The van der Waals surface area contributed by atoms with E-state index >= 15 is 0 Å².